The number of anilines is 1. The highest BCUT2D eigenvalue weighted by Gasteiger charge is 2.45. The predicted octanol–water partition coefficient (Wildman–Crippen LogP) is 5.10. The van der Waals surface area contributed by atoms with Crippen molar-refractivity contribution < 1.29 is 18.0 Å². The first-order chi connectivity index (χ1) is 15.5. The first-order valence-corrected chi connectivity index (χ1v) is 13.1. The molecule has 2 aliphatic rings. The second-order valence-electron chi connectivity index (χ2n) is 10.5. The Kier molecular flexibility index (Phi) is 6.27. The monoisotopic (exact) mass is 472 g/mol. The summed E-state index contributed by atoms with van der Waals surface area (Å²) in [5.41, 5.74) is 2.35. The number of aryl methyl sites for hydroxylation is 1. The molecular weight excluding hydrogens is 436 g/mol. The van der Waals surface area contributed by atoms with Crippen LogP contribution in [0.4, 0.5) is 5.69 Å². The lowest BCUT2D eigenvalue weighted by molar-refractivity contribution is -0.282. The minimum absolute atomic E-state index is 0.119. The lowest BCUT2D eigenvalue weighted by Crippen LogP contribution is -2.59. The van der Waals surface area contributed by atoms with Crippen molar-refractivity contribution in [1.82, 2.24) is 5.06 Å². The molecule has 2 aromatic rings. The van der Waals surface area contributed by atoms with E-state index in [1.54, 1.807) is 23.5 Å². The summed E-state index contributed by atoms with van der Waals surface area (Å²) in [5.74, 6) is 0.706. The maximum absolute atomic E-state index is 13.8. The molecule has 0 N–H and O–H groups in total. The van der Waals surface area contributed by atoms with Gasteiger partial charge >= 0.3 is 0 Å². The van der Waals surface area contributed by atoms with E-state index in [0.717, 1.165) is 30.4 Å². The van der Waals surface area contributed by atoms with Crippen LogP contribution >= 0.6 is 0 Å². The number of hydrogen-bond donors (Lipinski definition) is 0. The van der Waals surface area contributed by atoms with E-state index in [-0.39, 0.29) is 28.6 Å². The minimum Gasteiger partial charge on any atom is -0.496 e. The molecule has 0 radical (unpaired) electrons. The Balaban J connectivity index is 1.70. The number of benzene rings is 2. The average molecular weight is 473 g/mol. The quantitative estimate of drug-likeness (QED) is 0.586. The summed E-state index contributed by atoms with van der Waals surface area (Å²) in [7, 11) is -2.15. The van der Waals surface area contributed by atoms with Gasteiger partial charge in [0, 0.05) is 23.1 Å². The fourth-order valence-electron chi connectivity index (χ4n) is 5.43. The summed E-state index contributed by atoms with van der Waals surface area (Å²) in [6, 6.07) is 12.2. The van der Waals surface area contributed by atoms with Crippen LogP contribution in [0.5, 0.6) is 5.75 Å². The number of methoxy groups -OCH3 is 1. The molecule has 1 atom stereocenters. The molecule has 0 amide bonds. The molecule has 2 aromatic carbocycles. The molecule has 0 bridgehead atoms. The van der Waals surface area contributed by atoms with Crippen LogP contribution < -0.4 is 9.04 Å². The van der Waals surface area contributed by atoms with Crippen molar-refractivity contribution in [3.8, 4) is 5.75 Å². The Bertz CT molecular complexity index is 1090. The fraction of sp³-hybridized carbons (Fsp3) is 0.538. The van der Waals surface area contributed by atoms with Crippen molar-refractivity contribution in [2.24, 2.45) is 0 Å². The molecule has 6 nitrogen and oxygen atoms in total. The number of rotatable bonds is 6. The van der Waals surface area contributed by atoms with Crippen molar-refractivity contribution in [2.45, 2.75) is 82.3 Å². The largest absolute Gasteiger partial charge is 0.496 e. The number of nitrogens with zero attached hydrogens (tertiary/aromatic N) is 2. The van der Waals surface area contributed by atoms with Crippen LogP contribution in [-0.2, 0) is 21.3 Å². The Morgan fingerprint density at radius 1 is 1.00 bits per heavy atom. The maximum atomic E-state index is 13.8. The van der Waals surface area contributed by atoms with E-state index in [1.165, 1.54) is 0 Å². The number of hydrogen-bond acceptors (Lipinski definition) is 5. The molecule has 4 rings (SSSR count). The molecule has 1 fully saturated rings. The summed E-state index contributed by atoms with van der Waals surface area (Å²) >= 11 is 0. The molecule has 0 aliphatic carbocycles. The molecule has 7 heteroatoms. The fourth-order valence-corrected chi connectivity index (χ4v) is 7.10. The van der Waals surface area contributed by atoms with Gasteiger partial charge in [0.05, 0.1) is 30.3 Å². The van der Waals surface area contributed by atoms with Gasteiger partial charge in [0.2, 0.25) is 0 Å². The number of hydroxylamine groups is 2. The highest BCUT2D eigenvalue weighted by Crippen LogP contribution is 2.43. The first kappa shape index (κ1) is 24.0. The van der Waals surface area contributed by atoms with Crippen LogP contribution in [0.3, 0.4) is 0 Å². The number of sulfonamides is 1. The Morgan fingerprint density at radius 3 is 2.24 bits per heavy atom. The second kappa shape index (κ2) is 8.60. The zero-order valence-electron chi connectivity index (χ0n) is 20.6. The molecule has 0 unspecified atom stereocenters. The normalized spacial score (nSPS) is 22.2. The molecule has 180 valence electrons. The van der Waals surface area contributed by atoms with E-state index < -0.39 is 10.0 Å². The smallest absolute Gasteiger partial charge is 0.264 e. The maximum Gasteiger partial charge on any atom is 0.264 e. The van der Waals surface area contributed by atoms with Crippen LogP contribution in [0.1, 0.15) is 58.1 Å². The number of ether oxygens (including phenoxy) is 1. The molecule has 0 spiro atoms. The van der Waals surface area contributed by atoms with Crippen LogP contribution in [0.15, 0.2) is 47.4 Å². The van der Waals surface area contributed by atoms with Crippen LogP contribution in [0, 0.1) is 6.92 Å². The number of fused-ring (bicyclic) bond motifs is 1. The van der Waals surface area contributed by atoms with E-state index >= 15 is 0 Å². The summed E-state index contributed by atoms with van der Waals surface area (Å²) in [5, 5.41) is 2.10. The summed E-state index contributed by atoms with van der Waals surface area (Å²) < 4.78 is 34.8. The SMILES string of the molecule is COc1cccc2c1C[C@@H](CON1C(C)(C)CCCC1(C)C)N2S(=O)(=O)c1ccc(C)cc1. The van der Waals surface area contributed by atoms with Crippen molar-refractivity contribution >= 4 is 15.7 Å². The van der Waals surface area contributed by atoms with Gasteiger partial charge in [0.1, 0.15) is 5.75 Å². The summed E-state index contributed by atoms with van der Waals surface area (Å²) in [6.07, 6.45) is 3.78. The van der Waals surface area contributed by atoms with Gasteiger partial charge in [-0.1, -0.05) is 23.8 Å². The van der Waals surface area contributed by atoms with E-state index in [1.807, 2.05) is 37.3 Å². The van der Waals surface area contributed by atoms with Gasteiger partial charge in [0.25, 0.3) is 10.0 Å². The van der Waals surface area contributed by atoms with Gasteiger partial charge in [-0.2, -0.15) is 5.06 Å². The van der Waals surface area contributed by atoms with Gasteiger partial charge in [-0.3, -0.25) is 9.14 Å². The third-order valence-corrected chi connectivity index (χ3v) is 8.87. The van der Waals surface area contributed by atoms with Gasteiger partial charge < -0.3 is 4.74 Å². The average Bonchev–Trinajstić information content (AvgIpc) is 3.12. The van der Waals surface area contributed by atoms with E-state index in [4.69, 9.17) is 9.57 Å². The third kappa shape index (κ3) is 4.38. The third-order valence-electron chi connectivity index (χ3n) is 6.99. The van der Waals surface area contributed by atoms with Gasteiger partial charge in [-0.25, -0.2) is 8.42 Å². The molecule has 2 aliphatic heterocycles. The minimum atomic E-state index is -3.77. The number of piperidine rings is 1. The lowest BCUT2D eigenvalue weighted by atomic mass is 9.82. The van der Waals surface area contributed by atoms with Crippen molar-refractivity contribution in [3.63, 3.8) is 0 Å². The summed E-state index contributed by atoms with van der Waals surface area (Å²) in [6.45, 7) is 11.0. The first-order valence-electron chi connectivity index (χ1n) is 11.7. The molecule has 2 heterocycles. The Morgan fingerprint density at radius 2 is 1.64 bits per heavy atom. The van der Waals surface area contributed by atoms with Crippen LogP contribution in [0.2, 0.25) is 0 Å². The molecule has 33 heavy (non-hydrogen) atoms. The molecule has 1 saturated heterocycles. The Labute approximate surface area is 198 Å². The highest BCUT2D eigenvalue weighted by molar-refractivity contribution is 7.92. The lowest BCUT2D eigenvalue weighted by Gasteiger charge is -2.51. The van der Waals surface area contributed by atoms with Crippen molar-refractivity contribution in [2.75, 3.05) is 18.0 Å². The van der Waals surface area contributed by atoms with E-state index in [0.29, 0.717) is 17.9 Å². The topological polar surface area (TPSA) is 59.1 Å². The molecule has 0 aromatic heterocycles. The van der Waals surface area contributed by atoms with E-state index in [9.17, 15) is 8.42 Å². The summed E-state index contributed by atoms with van der Waals surface area (Å²) in [4.78, 5) is 6.75. The zero-order valence-corrected chi connectivity index (χ0v) is 21.4. The van der Waals surface area contributed by atoms with Gasteiger partial charge in [-0.05, 0) is 78.1 Å². The van der Waals surface area contributed by atoms with Gasteiger partial charge in [0.15, 0.2) is 0 Å². The zero-order chi connectivity index (χ0) is 24.0. The second-order valence-corrected chi connectivity index (χ2v) is 12.3. The van der Waals surface area contributed by atoms with Crippen molar-refractivity contribution in [1.29, 1.82) is 0 Å². The van der Waals surface area contributed by atoms with Gasteiger partial charge in [-0.15, -0.1) is 0 Å². The standard InChI is InChI=1S/C26H36N2O4S/c1-19-11-13-21(14-12-19)33(29,30)27-20(17-22-23(27)9-7-10-24(22)31-6)18-32-28-25(2,3)15-8-16-26(28,4)5/h7,9-14,20H,8,15-18H2,1-6H3/t20-/m0/s1. The van der Waals surface area contributed by atoms with Crippen LogP contribution in [0.25, 0.3) is 0 Å². The highest BCUT2D eigenvalue weighted by atomic mass is 32.2. The molecular formula is C26H36N2O4S. The molecule has 0 saturated carbocycles. The van der Waals surface area contributed by atoms with E-state index in [2.05, 4.69) is 32.8 Å². The van der Waals surface area contributed by atoms with Crippen LogP contribution in [-0.4, -0.2) is 44.3 Å². The predicted molar refractivity (Wildman–Crippen MR) is 131 cm³/mol. The van der Waals surface area contributed by atoms with Crippen molar-refractivity contribution in [3.05, 3.63) is 53.6 Å². The Hall–Kier alpha value is -2.09.